The van der Waals surface area contributed by atoms with Crippen LogP contribution in [-0.2, 0) is 0 Å². The predicted molar refractivity (Wildman–Crippen MR) is 105 cm³/mol. The quantitative estimate of drug-likeness (QED) is 0.552. The highest BCUT2D eigenvalue weighted by molar-refractivity contribution is 5.95. The van der Waals surface area contributed by atoms with E-state index in [1.807, 2.05) is 49.3 Å². The van der Waals surface area contributed by atoms with Crippen LogP contribution in [0.3, 0.4) is 0 Å². The number of rotatable bonds is 8. The molecule has 0 radical (unpaired) electrons. The lowest BCUT2D eigenvalue weighted by Gasteiger charge is -2.25. The van der Waals surface area contributed by atoms with Crippen molar-refractivity contribution < 1.29 is 9.72 Å². The summed E-state index contributed by atoms with van der Waals surface area (Å²) in [6, 6.07) is 14.8. The summed E-state index contributed by atoms with van der Waals surface area (Å²) in [5, 5.41) is 17.4. The number of nitrogens with one attached hydrogen (secondary N) is 2. The summed E-state index contributed by atoms with van der Waals surface area (Å²) < 4.78 is 0. The Hall–Kier alpha value is -2.93. The lowest BCUT2D eigenvalue weighted by Crippen LogP contribution is -2.34. The van der Waals surface area contributed by atoms with E-state index in [9.17, 15) is 14.9 Å². The third-order valence-corrected chi connectivity index (χ3v) is 4.66. The molecule has 1 aliphatic rings. The van der Waals surface area contributed by atoms with Crippen molar-refractivity contribution in [2.75, 3.05) is 26.0 Å². The second-order valence-electron chi connectivity index (χ2n) is 7.01. The largest absolute Gasteiger partial charge is 0.377 e. The maximum Gasteiger partial charge on any atom is 0.293 e. The van der Waals surface area contributed by atoms with Crippen LogP contribution in [0.25, 0.3) is 0 Å². The molecule has 2 N–H and O–H groups in total. The zero-order valence-corrected chi connectivity index (χ0v) is 15.5. The van der Waals surface area contributed by atoms with Crippen LogP contribution < -0.4 is 10.6 Å². The second-order valence-corrected chi connectivity index (χ2v) is 7.01. The summed E-state index contributed by atoms with van der Waals surface area (Å²) in [4.78, 5) is 25.5. The van der Waals surface area contributed by atoms with Gasteiger partial charge in [0.25, 0.3) is 11.6 Å². The first-order valence-corrected chi connectivity index (χ1v) is 9.00. The number of nitro benzene ring substituents is 1. The van der Waals surface area contributed by atoms with Crippen LogP contribution in [0.2, 0.25) is 0 Å². The smallest absolute Gasteiger partial charge is 0.293 e. The molecule has 1 aliphatic carbocycles. The van der Waals surface area contributed by atoms with Crippen molar-refractivity contribution >= 4 is 17.3 Å². The SMILES string of the molecule is CN(C)[C@@H](CNC(=O)c1ccc(NC2CC2)c([N+](=O)[O-])c1)c1ccccc1. The number of amides is 1. The van der Waals surface area contributed by atoms with Gasteiger partial charge in [0.05, 0.1) is 11.0 Å². The van der Waals surface area contributed by atoms with Gasteiger partial charge in [-0.15, -0.1) is 0 Å². The van der Waals surface area contributed by atoms with Crippen LogP contribution in [0.4, 0.5) is 11.4 Å². The van der Waals surface area contributed by atoms with Gasteiger partial charge < -0.3 is 15.5 Å². The van der Waals surface area contributed by atoms with Gasteiger partial charge in [-0.25, -0.2) is 0 Å². The molecule has 3 rings (SSSR count). The molecular weight excluding hydrogens is 344 g/mol. The van der Waals surface area contributed by atoms with E-state index < -0.39 is 4.92 Å². The Morgan fingerprint density at radius 2 is 1.93 bits per heavy atom. The fraction of sp³-hybridized carbons (Fsp3) is 0.350. The van der Waals surface area contributed by atoms with Crippen molar-refractivity contribution in [3.63, 3.8) is 0 Å². The maximum absolute atomic E-state index is 12.6. The highest BCUT2D eigenvalue weighted by Crippen LogP contribution is 2.31. The molecule has 2 aromatic rings. The van der Waals surface area contributed by atoms with Crippen molar-refractivity contribution in [3.8, 4) is 0 Å². The van der Waals surface area contributed by atoms with Gasteiger partial charge in [-0.05, 0) is 44.6 Å². The summed E-state index contributed by atoms with van der Waals surface area (Å²) in [6.45, 7) is 0.408. The summed E-state index contributed by atoms with van der Waals surface area (Å²) in [6.07, 6.45) is 2.04. The van der Waals surface area contributed by atoms with Gasteiger partial charge >= 0.3 is 0 Å². The molecule has 1 atom stereocenters. The molecule has 2 aromatic carbocycles. The fourth-order valence-corrected chi connectivity index (χ4v) is 2.96. The first kappa shape index (κ1) is 18.8. The van der Waals surface area contributed by atoms with E-state index in [4.69, 9.17) is 0 Å². The molecule has 142 valence electrons. The highest BCUT2D eigenvalue weighted by atomic mass is 16.6. The number of carbonyl (C=O) groups excluding carboxylic acids is 1. The van der Waals surface area contributed by atoms with E-state index in [0.717, 1.165) is 18.4 Å². The van der Waals surface area contributed by atoms with Crippen molar-refractivity contribution in [2.24, 2.45) is 0 Å². The van der Waals surface area contributed by atoms with E-state index in [1.165, 1.54) is 6.07 Å². The van der Waals surface area contributed by atoms with Crippen molar-refractivity contribution in [3.05, 3.63) is 69.8 Å². The van der Waals surface area contributed by atoms with Crippen molar-refractivity contribution in [1.82, 2.24) is 10.2 Å². The predicted octanol–water partition coefficient (Wildman–Crippen LogP) is 3.20. The molecule has 0 saturated heterocycles. The van der Waals surface area contributed by atoms with Gasteiger partial charge in [-0.3, -0.25) is 14.9 Å². The van der Waals surface area contributed by atoms with E-state index in [-0.39, 0.29) is 23.2 Å². The minimum absolute atomic E-state index is 0.0148. The zero-order valence-electron chi connectivity index (χ0n) is 15.5. The number of benzene rings is 2. The van der Waals surface area contributed by atoms with Gasteiger partial charge in [0.1, 0.15) is 5.69 Å². The Balaban J connectivity index is 1.71. The average molecular weight is 368 g/mol. The van der Waals surface area contributed by atoms with E-state index >= 15 is 0 Å². The molecule has 0 aliphatic heterocycles. The summed E-state index contributed by atoms with van der Waals surface area (Å²) >= 11 is 0. The Bertz CT molecular complexity index is 819. The molecule has 1 amide bonds. The van der Waals surface area contributed by atoms with Crippen LogP contribution >= 0.6 is 0 Å². The maximum atomic E-state index is 12.6. The monoisotopic (exact) mass is 368 g/mol. The molecule has 1 fully saturated rings. The normalized spacial score (nSPS) is 14.6. The third-order valence-electron chi connectivity index (χ3n) is 4.66. The Morgan fingerprint density at radius 3 is 2.52 bits per heavy atom. The topological polar surface area (TPSA) is 87.5 Å². The van der Waals surface area contributed by atoms with Crippen LogP contribution in [-0.4, -0.2) is 42.4 Å². The Kier molecular flexibility index (Phi) is 5.71. The summed E-state index contributed by atoms with van der Waals surface area (Å²) in [5.41, 5.74) is 1.78. The minimum atomic E-state index is -0.450. The van der Waals surface area contributed by atoms with Crippen LogP contribution in [0, 0.1) is 10.1 Å². The average Bonchev–Trinajstić information content (AvgIpc) is 3.46. The second kappa shape index (κ2) is 8.18. The first-order valence-electron chi connectivity index (χ1n) is 9.00. The Morgan fingerprint density at radius 1 is 1.22 bits per heavy atom. The Labute approximate surface area is 158 Å². The molecule has 27 heavy (non-hydrogen) atoms. The van der Waals surface area contributed by atoms with Gasteiger partial charge in [0.2, 0.25) is 0 Å². The number of anilines is 1. The van der Waals surface area contributed by atoms with Crippen LogP contribution in [0.15, 0.2) is 48.5 Å². The molecule has 7 nitrogen and oxygen atoms in total. The minimum Gasteiger partial charge on any atom is -0.377 e. The standard InChI is InChI=1S/C20H24N4O3/c1-23(2)19(14-6-4-3-5-7-14)13-21-20(25)15-8-11-17(22-16-9-10-16)18(12-15)24(26)27/h3-8,11-12,16,19,22H,9-10,13H2,1-2H3,(H,21,25)/t19-/m0/s1. The van der Waals surface area contributed by atoms with Crippen LogP contribution in [0.5, 0.6) is 0 Å². The van der Waals surface area contributed by atoms with Gasteiger partial charge in [-0.2, -0.15) is 0 Å². The first-order chi connectivity index (χ1) is 13.0. The van der Waals surface area contributed by atoms with Crippen molar-refractivity contribution in [2.45, 2.75) is 24.9 Å². The molecule has 7 heteroatoms. The molecule has 0 heterocycles. The van der Waals surface area contributed by atoms with Crippen molar-refractivity contribution in [1.29, 1.82) is 0 Å². The number of likely N-dealkylation sites (N-methyl/N-ethyl adjacent to an activating group) is 1. The number of nitrogens with zero attached hydrogens (tertiary/aromatic N) is 2. The molecule has 1 saturated carbocycles. The number of hydrogen-bond donors (Lipinski definition) is 2. The molecular formula is C20H24N4O3. The van der Waals surface area contributed by atoms with E-state index in [0.29, 0.717) is 18.3 Å². The summed E-state index contributed by atoms with van der Waals surface area (Å²) in [5.74, 6) is -0.321. The van der Waals surface area contributed by atoms with Gasteiger partial charge in [0, 0.05) is 24.2 Å². The van der Waals surface area contributed by atoms with E-state index in [1.54, 1.807) is 12.1 Å². The fourth-order valence-electron chi connectivity index (χ4n) is 2.96. The molecule has 0 bridgehead atoms. The number of carbonyl (C=O) groups is 1. The number of hydrogen-bond acceptors (Lipinski definition) is 5. The molecule has 0 unspecified atom stereocenters. The third kappa shape index (κ3) is 4.83. The molecule has 0 spiro atoms. The molecule has 0 aromatic heterocycles. The van der Waals surface area contributed by atoms with E-state index in [2.05, 4.69) is 10.6 Å². The summed E-state index contributed by atoms with van der Waals surface area (Å²) in [7, 11) is 3.90. The zero-order chi connectivity index (χ0) is 19.4. The van der Waals surface area contributed by atoms with Gasteiger partial charge in [0.15, 0.2) is 0 Å². The number of nitro groups is 1. The van der Waals surface area contributed by atoms with Crippen LogP contribution in [0.1, 0.15) is 34.8 Å². The lowest BCUT2D eigenvalue weighted by atomic mass is 10.1. The highest BCUT2D eigenvalue weighted by Gasteiger charge is 2.25. The van der Waals surface area contributed by atoms with Gasteiger partial charge in [-0.1, -0.05) is 30.3 Å². The lowest BCUT2D eigenvalue weighted by molar-refractivity contribution is -0.384.